The van der Waals surface area contributed by atoms with Gasteiger partial charge in [0.05, 0.1) is 12.2 Å². The Kier molecular flexibility index (Phi) is 3.27. The Morgan fingerprint density at radius 1 is 1.46 bits per heavy atom. The molecule has 1 fully saturated rings. The highest BCUT2D eigenvalue weighted by Gasteiger charge is 2.28. The topological polar surface area (TPSA) is 49.8 Å². The van der Waals surface area contributed by atoms with Crippen molar-refractivity contribution in [1.29, 1.82) is 0 Å². The first kappa shape index (κ1) is 10.5. The van der Waals surface area contributed by atoms with Crippen LogP contribution in [0, 0.1) is 0 Å². The molecule has 0 aromatic rings. The first-order valence-corrected chi connectivity index (χ1v) is 4.63. The van der Waals surface area contributed by atoms with Crippen LogP contribution in [0.5, 0.6) is 0 Å². The molecule has 1 rings (SSSR count). The summed E-state index contributed by atoms with van der Waals surface area (Å²) in [5.41, 5.74) is 0. The van der Waals surface area contributed by atoms with E-state index in [0.29, 0.717) is 13.1 Å². The van der Waals surface area contributed by atoms with Crippen molar-refractivity contribution in [1.82, 2.24) is 4.90 Å². The van der Waals surface area contributed by atoms with Gasteiger partial charge >= 0.3 is 5.97 Å². The monoisotopic (exact) mass is 187 g/mol. The molecule has 4 heteroatoms. The number of hydrogen-bond donors (Lipinski definition) is 1. The van der Waals surface area contributed by atoms with Gasteiger partial charge in [-0.3, -0.25) is 9.69 Å². The van der Waals surface area contributed by atoms with Crippen LogP contribution in [0.15, 0.2) is 0 Å². The van der Waals surface area contributed by atoms with E-state index in [0.717, 1.165) is 0 Å². The third-order valence-electron chi connectivity index (χ3n) is 2.35. The maximum Gasteiger partial charge on any atom is 0.320 e. The maximum absolute atomic E-state index is 10.7. The molecule has 13 heavy (non-hydrogen) atoms. The van der Waals surface area contributed by atoms with E-state index in [9.17, 15) is 4.79 Å². The Morgan fingerprint density at radius 3 is 2.31 bits per heavy atom. The van der Waals surface area contributed by atoms with E-state index < -0.39 is 12.0 Å². The number of morpholine rings is 1. The smallest absolute Gasteiger partial charge is 0.320 e. The third-order valence-corrected chi connectivity index (χ3v) is 2.35. The van der Waals surface area contributed by atoms with Crippen LogP contribution in [0.1, 0.15) is 20.8 Å². The molecule has 0 unspecified atom stereocenters. The van der Waals surface area contributed by atoms with Gasteiger partial charge in [0.15, 0.2) is 0 Å². The van der Waals surface area contributed by atoms with Gasteiger partial charge in [0.25, 0.3) is 0 Å². The molecule has 0 aliphatic carbocycles. The molecule has 76 valence electrons. The van der Waals surface area contributed by atoms with Crippen LogP contribution in [0.25, 0.3) is 0 Å². The molecule has 1 aliphatic rings. The fourth-order valence-corrected chi connectivity index (χ4v) is 1.69. The summed E-state index contributed by atoms with van der Waals surface area (Å²) in [6, 6.07) is -0.409. The van der Waals surface area contributed by atoms with Crippen LogP contribution in [0.2, 0.25) is 0 Å². The molecule has 0 amide bonds. The second kappa shape index (κ2) is 4.07. The minimum absolute atomic E-state index is 0.130. The zero-order chi connectivity index (χ0) is 10.0. The van der Waals surface area contributed by atoms with E-state index in [2.05, 4.69) is 0 Å². The first-order valence-electron chi connectivity index (χ1n) is 4.63. The zero-order valence-corrected chi connectivity index (χ0v) is 8.36. The van der Waals surface area contributed by atoms with Crippen molar-refractivity contribution in [2.45, 2.75) is 39.0 Å². The fourth-order valence-electron chi connectivity index (χ4n) is 1.69. The second-order valence-electron chi connectivity index (χ2n) is 3.73. The normalized spacial score (nSPS) is 32.8. The largest absolute Gasteiger partial charge is 0.480 e. The minimum Gasteiger partial charge on any atom is -0.480 e. The van der Waals surface area contributed by atoms with Gasteiger partial charge in [-0.2, -0.15) is 0 Å². The summed E-state index contributed by atoms with van der Waals surface area (Å²) in [6.45, 7) is 7.07. The van der Waals surface area contributed by atoms with Gasteiger partial charge in [0, 0.05) is 13.1 Å². The molecule has 4 nitrogen and oxygen atoms in total. The summed E-state index contributed by atoms with van der Waals surface area (Å²) >= 11 is 0. The van der Waals surface area contributed by atoms with Crippen molar-refractivity contribution >= 4 is 5.97 Å². The fraction of sp³-hybridized carbons (Fsp3) is 0.889. The van der Waals surface area contributed by atoms with Crippen molar-refractivity contribution in [2.24, 2.45) is 0 Å². The Labute approximate surface area is 78.5 Å². The Morgan fingerprint density at radius 2 is 1.92 bits per heavy atom. The standard InChI is InChI=1S/C9H17NO3/c1-6-4-10(5-7(2)13-6)8(3)9(11)12/h6-8H,4-5H2,1-3H3,(H,11,12)/t6-,7-,8-/m1/s1. The van der Waals surface area contributed by atoms with Crippen LogP contribution in [-0.2, 0) is 9.53 Å². The number of ether oxygens (including phenoxy) is 1. The quantitative estimate of drug-likeness (QED) is 0.686. The number of nitrogens with zero attached hydrogens (tertiary/aromatic N) is 1. The SMILES string of the molecule is C[C@@H]1CN([C@H](C)C(=O)O)C[C@@H](C)O1. The van der Waals surface area contributed by atoms with Crippen molar-refractivity contribution in [2.75, 3.05) is 13.1 Å². The third kappa shape index (κ3) is 2.67. The first-order chi connectivity index (χ1) is 6.00. The van der Waals surface area contributed by atoms with Crippen LogP contribution < -0.4 is 0 Å². The van der Waals surface area contributed by atoms with Crippen molar-refractivity contribution < 1.29 is 14.6 Å². The molecule has 0 saturated carbocycles. The van der Waals surface area contributed by atoms with Crippen LogP contribution in [0.3, 0.4) is 0 Å². The Hall–Kier alpha value is -0.610. The minimum atomic E-state index is -0.763. The van der Waals surface area contributed by atoms with E-state index in [1.807, 2.05) is 18.7 Å². The molecule has 0 spiro atoms. The Bertz CT molecular complexity index is 185. The average Bonchev–Trinajstić information content (AvgIpc) is 2.01. The molecule has 1 heterocycles. The Balaban J connectivity index is 2.54. The van der Waals surface area contributed by atoms with E-state index in [1.165, 1.54) is 0 Å². The lowest BCUT2D eigenvalue weighted by molar-refractivity contribution is -0.147. The van der Waals surface area contributed by atoms with Crippen molar-refractivity contribution in [3.8, 4) is 0 Å². The summed E-state index contributed by atoms with van der Waals surface area (Å²) in [4.78, 5) is 12.7. The number of rotatable bonds is 2. The highest BCUT2D eigenvalue weighted by molar-refractivity contribution is 5.72. The molecule has 0 radical (unpaired) electrons. The average molecular weight is 187 g/mol. The van der Waals surface area contributed by atoms with Gasteiger partial charge in [-0.15, -0.1) is 0 Å². The van der Waals surface area contributed by atoms with Gasteiger partial charge in [0.1, 0.15) is 6.04 Å². The lowest BCUT2D eigenvalue weighted by Gasteiger charge is -2.37. The van der Waals surface area contributed by atoms with Gasteiger partial charge in [-0.1, -0.05) is 0 Å². The predicted octanol–water partition coefficient (Wildman–Crippen LogP) is 0.569. The lowest BCUT2D eigenvalue weighted by Crippen LogP contribution is -2.51. The van der Waals surface area contributed by atoms with Crippen molar-refractivity contribution in [3.05, 3.63) is 0 Å². The van der Waals surface area contributed by atoms with Gasteiger partial charge in [0.2, 0.25) is 0 Å². The van der Waals surface area contributed by atoms with Gasteiger partial charge in [-0.25, -0.2) is 0 Å². The van der Waals surface area contributed by atoms with Gasteiger partial charge in [-0.05, 0) is 20.8 Å². The highest BCUT2D eigenvalue weighted by atomic mass is 16.5. The van der Waals surface area contributed by atoms with E-state index in [4.69, 9.17) is 9.84 Å². The molecule has 1 aliphatic heterocycles. The van der Waals surface area contributed by atoms with Gasteiger partial charge < -0.3 is 9.84 Å². The van der Waals surface area contributed by atoms with Crippen LogP contribution >= 0.6 is 0 Å². The van der Waals surface area contributed by atoms with Crippen LogP contribution in [0.4, 0.5) is 0 Å². The summed E-state index contributed by atoms with van der Waals surface area (Å²) in [6.07, 6.45) is 0.260. The molecular weight excluding hydrogens is 170 g/mol. The van der Waals surface area contributed by atoms with Crippen LogP contribution in [-0.4, -0.2) is 47.3 Å². The summed E-state index contributed by atoms with van der Waals surface area (Å²) in [7, 11) is 0. The van der Waals surface area contributed by atoms with E-state index >= 15 is 0 Å². The molecule has 0 bridgehead atoms. The number of hydrogen-bond acceptors (Lipinski definition) is 3. The molecule has 0 aromatic carbocycles. The molecular formula is C9H17NO3. The lowest BCUT2D eigenvalue weighted by atomic mass is 10.2. The van der Waals surface area contributed by atoms with Crippen molar-refractivity contribution in [3.63, 3.8) is 0 Å². The van der Waals surface area contributed by atoms with E-state index in [1.54, 1.807) is 6.92 Å². The van der Waals surface area contributed by atoms with E-state index in [-0.39, 0.29) is 12.2 Å². The summed E-state index contributed by atoms with van der Waals surface area (Å²) in [5, 5.41) is 8.82. The highest BCUT2D eigenvalue weighted by Crippen LogP contribution is 2.13. The number of carboxylic acid groups (broad SMARTS) is 1. The molecule has 3 atom stereocenters. The second-order valence-corrected chi connectivity index (χ2v) is 3.73. The number of carbonyl (C=O) groups is 1. The summed E-state index contributed by atoms with van der Waals surface area (Å²) in [5.74, 6) is -0.763. The molecule has 0 aromatic heterocycles. The summed E-state index contributed by atoms with van der Waals surface area (Å²) < 4.78 is 5.51. The molecule has 1 N–H and O–H groups in total. The maximum atomic E-state index is 10.7. The predicted molar refractivity (Wildman–Crippen MR) is 48.7 cm³/mol. The number of carboxylic acids is 1. The zero-order valence-electron chi connectivity index (χ0n) is 8.36. The molecule has 1 saturated heterocycles. The number of aliphatic carboxylic acids is 1.